The zero-order valence-electron chi connectivity index (χ0n) is 12.7. The van der Waals surface area contributed by atoms with Gasteiger partial charge < -0.3 is 4.90 Å². The lowest BCUT2D eigenvalue weighted by Gasteiger charge is -2.24. The van der Waals surface area contributed by atoms with Crippen LogP contribution >= 0.6 is 0 Å². The van der Waals surface area contributed by atoms with Crippen LogP contribution in [0.4, 0.5) is 5.69 Å². The van der Waals surface area contributed by atoms with Gasteiger partial charge in [-0.1, -0.05) is 6.07 Å². The summed E-state index contributed by atoms with van der Waals surface area (Å²) in [5, 5.41) is 12.1. The monoisotopic (exact) mass is 305 g/mol. The van der Waals surface area contributed by atoms with Crippen LogP contribution in [-0.4, -0.2) is 20.6 Å². The molecule has 0 saturated carbocycles. The largest absolute Gasteiger partial charge is 0.362 e. The Balaban J connectivity index is 1.75. The fraction of sp³-hybridized carbons (Fsp3) is 0.235. The molecule has 1 aromatic carbocycles. The van der Waals surface area contributed by atoms with Crippen molar-refractivity contribution >= 4 is 11.3 Å². The molecule has 3 heterocycles. The first-order valence-electron chi connectivity index (χ1n) is 7.52. The minimum Gasteiger partial charge on any atom is -0.362 e. The van der Waals surface area contributed by atoms with Crippen LogP contribution in [0.2, 0.25) is 0 Å². The molecule has 0 radical (unpaired) electrons. The van der Waals surface area contributed by atoms with E-state index in [1.165, 1.54) is 4.52 Å². The fourth-order valence-corrected chi connectivity index (χ4v) is 3.28. The number of nitriles is 1. The maximum absolute atomic E-state index is 12.1. The predicted octanol–water partition coefficient (Wildman–Crippen LogP) is 1.85. The number of aromatic amines is 1. The van der Waals surface area contributed by atoms with E-state index in [0.29, 0.717) is 12.2 Å². The summed E-state index contributed by atoms with van der Waals surface area (Å²) in [5.41, 5.74) is 4.11. The molecule has 6 heteroatoms. The number of hydrogen-bond donors (Lipinski definition) is 1. The van der Waals surface area contributed by atoms with E-state index in [1.807, 2.05) is 18.2 Å². The van der Waals surface area contributed by atoms with Crippen molar-refractivity contribution in [2.45, 2.75) is 25.9 Å². The van der Waals surface area contributed by atoms with Gasteiger partial charge in [-0.3, -0.25) is 9.89 Å². The molecule has 0 spiro atoms. The van der Waals surface area contributed by atoms with Crippen LogP contribution < -0.4 is 10.5 Å². The number of aromatic nitrogens is 3. The summed E-state index contributed by atoms with van der Waals surface area (Å²) >= 11 is 0. The second-order valence-corrected chi connectivity index (χ2v) is 5.84. The summed E-state index contributed by atoms with van der Waals surface area (Å²) in [6.45, 7) is 2.68. The van der Waals surface area contributed by atoms with E-state index in [4.69, 9.17) is 0 Å². The first kappa shape index (κ1) is 13.6. The second kappa shape index (κ2) is 4.99. The van der Waals surface area contributed by atoms with Gasteiger partial charge in [-0.25, -0.2) is 9.50 Å². The van der Waals surface area contributed by atoms with Crippen LogP contribution in [0.5, 0.6) is 0 Å². The third kappa shape index (κ3) is 2.09. The maximum atomic E-state index is 12.1. The molecule has 3 aromatic rings. The molecule has 1 aliphatic rings. The molecule has 2 aromatic heterocycles. The van der Waals surface area contributed by atoms with E-state index in [9.17, 15) is 10.1 Å². The Kier molecular flexibility index (Phi) is 2.95. The Bertz CT molecular complexity index is 994. The average molecular weight is 305 g/mol. The summed E-state index contributed by atoms with van der Waals surface area (Å²) in [6, 6.07) is 11.7. The van der Waals surface area contributed by atoms with Gasteiger partial charge in [-0.2, -0.15) is 5.26 Å². The number of nitrogens with zero attached hydrogens (tertiary/aromatic N) is 4. The van der Waals surface area contributed by atoms with Gasteiger partial charge in [-0.05, 0) is 31.0 Å². The molecule has 114 valence electrons. The van der Waals surface area contributed by atoms with Crippen molar-refractivity contribution in [1.29, 1.82) is 5.26 Å². The summed E-state index contributed by atoms with van der Waals surface area (Å²) in [5.74, 6) is 0. The molecule has 0 aliphatic carbocycles. The third-order valence-electron chi connectivity index (χ3n) is 4.38. The Hall–Kier alpha value is -3.07. The van der Waals surface area contributed by atoms with E-state index in [-0.39, 0.29) is 11.6 Å². The maximum Gasteiger partial charge on any atom is 0.272 e. The van der Waals surface area contributed by atoms with Gasteiger partial charge >= 0.3 is 0 Å². The first-order chi connectivity index (χ1) is 11.2. The van der Waals surface area contributed by atoms with Gasteiger partial charge in [0.15, 0.2) is 5.65 Å². The number of H-pyrrole nitrogens is 1. The van der Waals surface area contributed by atoms with Crippen molar-refractivity contribution in [2.24, 2.45) is 0 Å². The highest BCUT2D eigenvalue weighted by Crippen LogP contribution is 2.35. The first-order valence-corrected chi connectivity index (χ1v) is 7.52. The van der Waals surface area contributed by atoms with Crippen LogP contribution in [0.1, 0.15) is 23.7 Å². The Labute approximate surface area is 132 Å². The number of anilines is 1. The third-order valence-corrected chi connectivity index (χ3v) is 4.38. The molecule has 0 saturated heterocycles. The molecule has 0 fully saturated rings. The van der Waals surface area contributed by atoms with Crippen molar-refractivity contribution < 1.29 is 0 Å². The standard InChI is InChI=1S/C17H15N5O/c1-11-7-14-12(9-18)3-2-4-15(14)21(11)10-13-8-17(23)22-16(20-13)5-6-19-22/h2-6,8,11,19H,7,10H2,1H3. The highest BCUT2D eigenvalue weighted by molar-refractivity contribution is 5.64. The molecule has 4 rings (SSSR count). The van der Waals surface area contributed by atoms with E-state index in [1.54, 1.807) is 18.3 Å². The average Bonchev–Trinajstić information content (AvgIpc) is 3.13. The lowest BCUT2D eigenvalue weighted by molar-refractivity contribution is 0.663. The lowest BCUT2D eigenvalue weighted by atomic mass is 10.0. The van der Waals surface area contributed by atoms with E-state index in [2.05, 4.69) is 28.0 Å². The van der Waals surface area contributed by atoms with Crippen LogP contribution in [0.25, 0.3) is 5.65 Å². The zero-order valence-corrected chi connectivity index (χ0v) is 12.7. The minimum atomic E-state index is -0.118. The van der Waals surface area contributed by atoms with Gasteiger partial charge in [0, 0.05) is 30.1 Å². The summed E-state index contributed by atoms with van der Waals surface area (Å²) in [4.78, 5) is 18.8. The quantitative estimate of drug-likeness (QED) is 0.784. The molecule has 1 N–H and O–H groups in total. The smallest absolute Gasteiger partial charge is 0.272 e. The minimum absolute atomic E-state index is 0.118. The zero-order chi connectivity index (χ0) is 16.0. The van der Waals surface area contributed by atoms with E-state index >= 15 is 0 Å². The predicted molar refractivity (Wildman–Crippen MR) is 86.3 cm³/mol. The molecule has 1 unspecified atom stereocenters. The molecule has 1 aliphatic heterocycles. The van der Waals surface area contributed by atoms with Gasteiger partial charge in [-0.15, -0.1) is 0 Å². The van der Waals surface area contributed by atoms with Gasteiger partial charge in [0.25, 0.3) is 5.56 Å². The molecule has 0 amide bonds. The van der Waals surface area contributed by atoms with Gasteiger partial charge in [0.1, 0.15) is 0 Å². The van der Waals surface area contributed by atoms with Crippen molar-refractivity contribution in [3.05, 3.63) is 63.7 Å². The summed E-state index contributed by atoms with van der Waals surface area (Å²) in [7, 11) is 0. The van der Waals surface area contributed by atoms with Crippen LogP contribution in [0, 0.1) is 11.3 Å². The van der Waals surface area contributed by atoms with Crippen LogP contribution in [-0.2, 0) is 13.0 Å². The molecular formula is C17H15N5O. The van der Waals surface area contributed by atoms with Gasteiger partial charge in [0.2, 0.25) is 0 Å². The van der Waals surface area contributed by atoms with E-state index < -0.39 is 0 Å². The van der Waals surface area contributed by atoms with Gasteiger partial charge in [0.05, 0.1) is 23.9 Å². The molecule has 1 atom stereocenters. The summed E-state index contributed by atoms with van der Waals surface area (Å²) in [6.07, 6.45) is 2.53. The number of benzene rings is 1. The summed E-state index contributed by atoms with van der Waals surface area (Å²) < 4.78 is 1.42. The Morgan fingerprint density at radius 3 is 3.13 bits per heavy atom. The van der Waals surface area contributed by atoms with Crippen LogP contribution in [0.15, 0.2) is 41.3 Å². The van der Waals surface area contributed by atoms with Crippen LogP contribution in [0.3, 0.4) is 0 Å². The molecule has 6 nitrogen and oxygen atoms in total. The second-order valence-electron chi connectivity index (χ2n) is 5.84. The van der Waals surface area contributed by atoms with E-state index in [0.717, 1.165) is 28.9 Å². The van der Waals surface area contributed by atoms with Crippen molar-refractivity contribution in [2.75, 3.05) is 4.90 Å². The highest BCUT2D eigenvalue weighted by atomic mass is 16.1. The normalized spacial score (nSPS) is 16.5. The Morgan fingerprint density at radius 1 is 1.43 bits per heavy atom. The lowest BCUT2D eigenvalue weighted by Crippen LogP contribution is -2.30. The fourth-order valence-electron chi connectivity index (χ4n) is 3.28. The van der Waals surface area contributed by atoms with Crippen molar-refractivity contribution in [3.63, 3.8) is 0 Å². The number of fused-ring (bicyclic) bond motifs is 2. The number of hydrogen-bond acceptors (Lipinski definition) is 4. The molecule has 23 heavy (non-hydrogen) atoms. The molecule has 0 bridgehead atoms. The van der Waals surface area contributed by atoms with Crippen molar-refractivity contribution in [3.8, 4) is 6.07 Å². The van der Waals surface area contributed by atoms with Crippen molar-refractivity contribution in [1.82, 2.24) is 14.6 Å². The SMILES string of the molecule is CC1Cc2c(C#N)cccc2N1Cc1cc(=O)n2[nH]ccc2n1. The molecular weight excluding hydrogens is 290 g/mol. The number of nitrogens with one attached hydrogen (secondary N) is 1. The topological polar surface area (TPSA) is 77.2 Å². The number of rotatable bonds is 2. The Morgan fingerprint density at radius 2 is 2.30 bits per heavy atom. The highest BCUT2D eigenvalue weighted by Gasteiger charge is 2.28.